The summed E-state index contributed by atoms with van der Waals surface area (Å²) in [6, 6.07) is 10.6. The summed E-state index contributed by atoms with van der Waals surface area (Å²) >= 11 is 0. The zero-order valence-corrected chi connectivity index (χ0v) is 14.6. The third kappa shape index (κ3) is 3.35. The number of imidazole rings is 1. The van der Waals surface area contributed by atoms with Gasteiger partial charge < -0.3 is 14.8 Å². The van der Waals surface area contributed by atoms with E-state index in [1.54, 1.807) is 0 Å². The Morgan fingerprint density at radius 2 is 2.00 bits per heavy atom. The van der Waals surface area contributed by atoms with E-state index >= 15 is 0 Å². The second-order valence-corrected chi connectivity index (χ2v) is 6.48. The molecule has 0 aliphatic carbocycles. The van der Waals surface area contributed by atoms with Gasteiger partial charge in [0.25, 0.3) is 0 Å². The molecule has 1 N–H and O–H groups in total. The number of piperidine rings is 1. The van der Waals surface area contributed by atoms with Crippen LogP contribution in [0.25, 0.3) is 11.0 Å². The number of rotatable bonds is 5. The number of nitrogens with zero attached hydrogens (tertiary/aromatic N) is 5. The monoisotopic (exact) mass is 336 g/mol. The summed E-state index contributed by atoms with van der Waals surface area (Å²) in [5.41, 5.74) is 2.29. The quantitative estimate of drug-likeness (QED) is 0.776. The van der Waals surface area contributed by atoms with Crippen molar-refractivity contribution < 1.29 is 0 Å². The van der Waals surface area contributed by atoms with Gasteiger partial charge >= 0.3 is 0 Å². The summed E-state index contributed by atoms with van der Waals surface area (Å²) in [6.07, 6.45) is 5.95. The highest BCUT2D eigenvalue weighted by molar-refractivity contribution is 5.75. The smallest absolute Gasteiger partial charge is 0.225 e. The molecule has 130 valence electrons. The molecule has 1 aromatic carbocycles. The largest absolute Gasteiger partial charge is 0.339 e. The molecule has 1 saturated heterocycles. The number of anilines is 1. The molecule has 6 heteroatoms. The third-order valence-corrected chi connectivity index (χ3v) is 4.86. The molecule has 3 aromatic rings. The molecule has 1 unspecified atom stereocenters. The van der Waals surface area contributed by atoms with Crippen LogP contribution in [-0.2, 0) is 13.1 Å². The zero-order valence-electron chi connectivity index (χ0n) is 14.6. The van der Waals surface area contributed by atoms with Crippen LogP contribution in [0.3, 0.4) is 0 Å². The van der Waals surface area contributed by atoms with Crippen LogP contribution in [-0.4, -0.2) is 38.7 Å². The second-order valence-electron chi connectivity index (χ2n) is 6.48. The molecule has 1 fully saturated rings. The third-order valence-electron chi connectivity index (χ3n) is 4.86. The number of benzene rings is 1. The van der Waals surface area contributed by atoms with E-state index in [0.717, 1.165) is 49.9 Å². The Morgan fingerprint density at radius 1 is 1.16 bits per heavy atom. The van der Waals surface area contributed by atoms with E-state index < -0.39 is 0 Å². The average Bonchev–Trinajstić information content (AvgIpc) is 3.05. The number of aryl methyl sites for hydroxylation is 1. The van der Waals surface area contributed by atoms with Gasteiger partial charge in [-0.3, -0.25) is 0 Å². The van der Waals surface area contributed by atoms with Crippen molar-refractivity contribution in [2.24, 2.45) is 0 Å². The number of fused-ring (bicyclic) bond motifs is 1. The molecule has 1 aliphatic rings. The molecular weight excluding hydrogens is 312 g/mol. The highest BCUT2D eigenvalue weighted by Gasteiger charge is 2.21. The van der Waals surface area contributed by atoms with Crippen molar-refractivity contribution in [2.75, 3.05) is 18.0 Å². The summed E-state index contributed by atoms with van der Waals surface area (Å²) in [7, 11) is 0. The highest BCUT2D eigenvalue weighted by atomic mass is 15.3. The van der Waals surface area contributed by atoms with Crippen LogP contribution in [0.4, 0.5) is 5.95 Å². The van der Waals surface area contributed by atoms with Gasteiger partial charge in [0, 0.05) is 38.1 Å². The lowest BCUT2D eigenvalue weighted by Crippen LogP contribution is -2.46. The molecule has 6 nitrogen and oxygen atoms in total. The number of hydrogen-bond donors (Lipinski definition) is 1. The van der Waals surface area contributed by atoms with Gasteiger partial charge in [-0.05, 0) is 38.0 Å². The fourth-order valence-electron chi connectivity index (χ4n) is 3.63. The molecular formula is C19H24N6. The molecule has 4 rings (SSSR count). The molecule has 1 atom stereocenters. The molecule has 0 saturated carbocycles. The molecule has 0 amide bonds. The van der Waals surface area contributed by atoms with E-state index in [0.29, 0.717) is 6.04 Å². The van der Waals surface area contributed by atoms with Crippen LogP contribution in [0, 0.1) is 0 Å². The van der Waals surface area contributed by atoms with Crippen molar-refractivity contribution in [3.63, 3.8) is 0 Å². The van der Waals surface area contributed by atoms with Gasteiger partial charge in [0.2, 0.25) is 5.95 Å². The predicted molar refractivity (Wildman–Crippen MR) is 99.5 cm³/mol. The summed E-state index contributed by atoms with van der Waals surface area (Å²) < 4.78 is 2.29. The van der Waals surface area contributed by atoms with Gasteiger partial charge in [-0.1, -0.05) is 12.1 Å². The van der Waals surface area contributed by atoms with Gasteiger partial charge in [-0.15, -0.1) is 0 Å². The minimum absolute atomic E-state index is 0.433. The standard InChI is InChI=1S/C19H24N6/c1-2-25-17-9-4-3-8-16(17)23-18(25)13-22-15-7-5-12-24(14-15)19-20-10-6-11-21-19/h3-4,6,8-11,15,22H,2,5,7,12-14H2,1H3. The minimum atomic E-state index is 0.433. The molecule has 0 radical (unpaired) electrons. The average molecular weight is 336 g/mol. The van der Waals surface area contributed by atoms with Crippen LogP contribution >= 0.6 is 0 Å². The SMILES string of the molecule is CCn1c(CNC2CCCN(c3ncccn3)C2)nc2ccccc21. The van der Waals surface area contributed by atoms with Crippen LogP contribution in [0.2, 0.25) is 0 Å². The van der Waals surface area contributed by atoms with Crippen molar-refractivity contribution in [1.29, 1.82) is 0 Å². The first kappa shape index (κ1) is 16.0. The lowest BCUT2D eigenvalue weighted by atomic mass is 10.1. The van der Waals surface area contributed by atoms with E-state index in [1.165, 1.54) is 11.9 Å². The van der Waals surface area contributed by atoms with Crippen LogP contribution in [0.5, 0.6) is 0 Å². The summed E-state index contributed by atoms with van der Waals surface area (Å²) in [5.74, 6) is 1.94. The van der Waals surface area contributed by atoms with E-state index in [2.05, 4.69) is 49.9 Å². The van der Waals surface area contributed by atoms with Gasteiger partial charge in [-0.25, -0.2) is 15.0 Å². The Bertz CT molecular complexity index is 828. The molecule has 0 spiro atoms. The van der Waals surface area contributed by atoms with E-state index in [4.69, 9.17) is 4.98 Å². The molecule has 0 bridgehead atoms. The number of nitrogens with one attached hydrogen (secondary N) is 1. The first-order chi connectivity index (χ1) is 12.3. The number of hydrogen-bond acceptors (Lipinski definition) is 5. The summed E-state index contributed by atoms with van der Waals surface area (Å²) in [6.45, 7) is 5.86. The van der Waals surface area contributed by atoms with Crippen LogP contribution in [0.15, 0.2) is 42.7 Å². The maximum Gasteiger partial charge on any atom is 0.225 e. The van der Waals surface area contributed by atoms with Gasteiger partial charge in [0.15, 0.2) is 0 Å². The van der Waals surface area contributed by atoms with Crippen molar-refractivity contribution >= 4 is 17.0 Å². The van der Waals surface area contributed by atoms with Gasteiger partial charge in [0.05, 0.1) is 17.6 Å². The molecule has 3 heterocycles. The zero-order chi connectivity index (χ0) is 17.1. The Labute approximate surface area is 147 Å². The predicted octanol–water partition coefficient (Wildman–Crippen LogP) is 2.60. The van der Waals surface area contributed by atoms with Crippen molar-refractivity contribution in [1.82, 2.24) is 24.8 Å². The minimum Gasteiger partial charge on any atom is -0.339 e. The fourth-order valence-corrected chi connectivity index (χ4v) is 3.63. The Kier molecular flexibility index (Phi) is 4.61. The Hall–Kier alpha value is -2.47. The Balaban J connectivity index is 1.44. The van der Waals surface area contributed by atoms with Gasteiger partial charge in [-0.2, -0.15) is 0 Å². The summed E-state index contributed by atoms with van der Waals surface area (Å²) in [4.78, 5) is 15.8. The van der Waals surface area contributed by atoms with E-state index in [-0.39, 0.29) is 0 Å². The first-order valence-electron chi connectivity index (χ1n) is 9.04. The normalized spacial score (nSPS) is 18.0. The highest BCUT2D eigenvalue weighted by Crippen LogP contribution is 2.18. The maximum atomic E-state index is 4.81. The van der Waals surface area contributed by atoms with E-state index in [1.807, 2.05) is 24.5 Å². The second kappa shape index (κ2) is 7.19. The van der Waals surface area contributed by atoms with Gasteiger partial charge in [0.1, 0.15) is 5.82 Å². The molecule has 2 aromatic heterocycles. The summed E-state index contributed by atoms with van der Waals surface area (Å²) in [5, 5.41) is 3.69. The lowest BCUT2D eigenvalue weighted by Gasteiger charge is -2.33. The molecule has 1 aliphatic heterocycles. The van der Waals surface area contributed by atoms with E-state index in [9.17, 15) is 0 Å². The molecule has 25 heavy (non-hydrogen) atoms. The van der Waals surface area contributed by atoms with Crippen LogP contribution in [0.1, 0.15) is 25.6 Å². The van der Waals surface area contributed by atoms with Crippen LogP contribution < -0.4 is 10.2 Å². The lowest BCUT2D eigenvalue weighted by molar-refractivity contribution is 0.411. The first-order valence-corrected chi connectivity index (χ1v) is 9.04. The number of para-hydroxylation sites is 2. The number of aromatic nitrogens is 4. The maximum absolute atomic E-state index is 4.81. The van der Waals surface area contributed by atoms with Crippen molar-refractivity contribution in [3.8, 4) is 0 Å². The fraction of sp³-hybridized carbons (Fsp3) is 0.421. The topological polar surface area (TPSA) is 58.9 Å². The van der Waals surface area contributed by atoms with Crippen molar-refractivity contribution in [2.45, 2.75) is 38.9 Å². The van der Waals surface area contributed by atoms with Crippen molar-refractivity contribution in [3.05, 3.63) is 48.5 Å². The Morgan fingerprint density at radius 3 is 2.84 bits per heavy atom.